The maximum atomic E-state index is 14.1. The van der Waals surface area contributed by atoms with Crippen molar-refractivity contribution in [1.82, 2.24) is 19.9 Å². The number of amides is 1. The number of rotatable bonds is 5. The maximum Gasteiger partial charge on any atom is 0.410 e. The van der Waals surface area contributed by atoms with Gasteiger partial charge in [0.2, 0.25) is 5.91 Å². The Hall–Kier alpha value is -2.72. The number of fused-ring (bicyclic) bond motifs is 1. The number of nitrogens with zero attached hydrogens (tertiary/aromatic N) is 3. The molecule has 0 unspecified atom stereocenters. The molecule has 0 radical (unpaired) electrons. The molecule has 32 heavy (non-hydrogen) atoms. The second kappa shape index (κ2) is 9.03. The Labute approximate surface area is 191 Å². The quantitative estimate of drug-likeness (QED) is 0.486. The van der Waals surface area contributed by atoms with Gasteiger partial charge in [-0.1, -0.05) is 23.2 Å². The minimum Gasteiger partial charge on any atom is -0.376 e. The molecule has 4 rings (SSSR count). The van der Waals surface area contributed by atoms with Gasteiger partial charge in [0.1, 0.15) is 23.8 Å². The van der Waals surface area contributed by atoms with Crippen molar-refractivity contribution in [2.45, 2.75) is 31.1 Å². The van der Waals surface area contributed by atoms with E-state index in [-0.39, 0.29) is 25.3 Å². The number of alkyl halides is 3. The van der Waals surface area contributed by atoms with Gasteiger partial charge in [0, 0.05) is 28.5 Å². The van der Waals surface area contributed by atoms with Crippen LogP contribution >= 0.6 is 23.2 Å². The Morgan fingerprint density at radius 1 is 1.22 bits per heavy atom. The Balaban J connectivity index is 1.53. The van der Waals surface area contributed by atoms with Crippen LogP contribution in [0.3, 0.4) is 0 Å². The Bertz CT molecular complexity index is 1100. The monoisotopic (exact) mass is 486 g/mol. The van der Waals surface area contributed by atoms with E-state index in [0.29, 0.717) is 33.2 Å². The summed E-state index contributed by atoms with van der Waals surface area (Å²) in [6, 6.07) is 3.23. The molecule has 0 bridgehead atoms. The van der Waals surface area contributed by atoms with Gasteiger partial charge in [0.15, 0.2) is 0 Å². The Morgan fingerprint density at radius 2 is 1.97 bits per heavy atom. The van der Waals surface area contributed by atoms with Gasteiger partial charge in [-0.25, -0.2) is 9.97 Å². The molecule has 3 aromatic rings. The zero-order valence-electron chi connectivity index (χ0n) is 16.6. The van der Waals surface area contributed by atoms with E-state index >= 15 is 0 Å². The number of nitrogens with one attached hydrogen (secondary N) is 3. The highest BCUT2D eigenvalue weighted by molar-refractivity contribution is 6.35. The van der Waals surface area contributed by atoms with E-state index in [0.717, 1.165) is 4.90 Å². The van der Waals surface area contributed by atoms with Crippen molar-refractivity contribution in [2.24, 2.45) is 0 Å². The van der Waals surface area contributed by atoms with Crippen molar-refractivity contribution in [1.29, 1.82) is 0 Å². The number of anilines is 2. The van der Waals surface area contributed by atoms with Gasteiger partial charge >= 0.3 is 6.18 Å². The summed E-state index contributed by atoms with van der Waals surface area (Å²) in [6.07, 6.45) is -1.06. The molecule has 1 fully saturated rings. The third-order valence-corrected chi connectivity index (χ3v) is 5.71. The fourth-order valence-electron chi connectivity index (χ4n) is 3.93. The molecule has 3 N–H and O–H groups in total. The van der Waals surface area contributed by atoms with Gasteiger partial charge in [-0.3, -0.25) is 4.79 Å². The smallest absolute Gasteiger partial charge is 0.376 e. The number of piperidine rings is 1. The summed E-state index contributed by atoms with van der Waals surface area (Å²) >= 11 is 11.9. The van der Waals surface area contributed by atoms with Crippen LogP contribution < -0.4 is 10.6 Å². The molecular formula is C20H19Cl2F3N6O. The third kappa shape index (κ3) is 4.86. The van der Waals surface area contributed by atoms with Gasteiger partial charge in [0.05, 0.1) is 18.0 Å². The lowest BCUT2D eigenvalue weighted by atomic mass is 9.95. The van der Waals surface area contributed by atoms with Crippen LogP contribution in [0.15, 0.2) is 36.8 Å². The summed E-state index contributed by atoms with van der Waals surface area (Å²) in [5.74, 6) is -0.388. The van der Waals surface area contributed by atoms with Crippen molar-refractivity contribution in [2.75, 3.05) is 23.7 Å². The second-order valence-electron chi connectivity index (χ2n) is 7.44. The van der Waals surface area contributed by atoms with Crippen LogP contribution in [0.25, 0.3) is 11.0 Å². The van der Waals surface area contributed by atoms with Crippen LogP contribution in [-0.2, 0) is 4.79 Å². The van der Waals surface area contributed by atoms with Crippen LogP contribution in [0.1, 0.15) is 12.8 Å². The number of H-pyrrole nitrogens is 1. The molecular weight excluding hydrogens is 468 g/mol. The number of hydrogen-bond acceptors (Lipinski definition) is 5. The van der Waals surface area contributed by atoms with Gasteiger partial charge < -0.3 is 20.5 Å². The van der Waals surface area contributed by atoms with Crippen molar-refractivity contribution >= 4 is 51.6 Å². The summed E-state index contributed by atoms with van der Waals surface area (Å²) in [4.78, 5) is 24.7. The molecule has 1 amide bonds. The lowest BCUT2D eigenvalue weighted by Crippen LogP contribution is -2.61. The van der Waals surface area contributed by atoms with Gasteiger partial charge in [-0.05, 0) is 37.1 Å². The first-order valence-corrected chi connectivity index (χ1v) is 10.6. The average Bonchev–Trinajstić information content (AvgIpc) is 3.20. The van der Waals surface area contributed by atoms with E-state index in [1.165, 1.54) is 12.4 Å². The van der Waals surface area contributed by atoms with Crippen molar-refractivity contribution in [3.63, 3.8) is 0 Å². The van der Waals surface area contributed by atoms with Crippen molar-refractivity contribution in [3.05, 3.63) is 46.8 Å². The number of aromatic nitrogens is 3. The van der Waals surface area contributed by atoms with E-state index in [1.54, 1.807) is 24.4 Å². The molecule has 0 aliphatic carbocycles. The lowest BCUT2D eigenvalue weighted by molar-refractivity contribution is -0.197. The molecule has 3 heterocycles. The van der Waals surface area contributed by atoms with E-state index in [9.17, 15) is 18.0 Å². The standard InChI is InChI=1S/C20H19Cl2F3N6O/c21-11-6-12(22)8-13(7-11)27-9-16(32)31-5-1-2-15(17(31)20(23,24)25)30-19-14-3-4-26-18(14)28-10-29-19/h3-4,6-8,10,15,17,27H,1-2,5,9H2,(H2,26,28,29,30)/t15-,17-/m0/s1. The summed E-state index contributed by atoms with van der Waals surface area (Å²) < 4.78 is 42.3. The van der Waals surface area contributed by atoms with E-state index in [4.69, 9.17) is 23.2 Å². The van der Waals surface area contributed by atoms with E-state index < -0.39 is 24.2 Å². The SMILES string of the molecule is O=C(CNc1cc(Cl)cc(Cl)c1)N1CCC[C@H](Nc2ncnc3[nH]ccc23)[C@H]1C(F)(F)F. The third-order valence-electron chi connectivity index (χ3n) is 5.27. The Morgan fingerprint density at radius 3 is 2.69 bits per heavy atom. The molecule has 1 aromatic carbocycles. The summed E-state index contributed by atoms with van der Waals surface area (Å²) in [5.41, 5.74) is 0.959. The fraction of sp³-hybridized carbons (Fsp3) is 0.350. The van der Waals surface area contributed by atoms with Crippen molar-refractivity contribution < 1.29 is 18.0 Å². The number of aromatic amines is 1. The molecule has 0 spiro atoms. The minimum absolute atomic E-state index is 0.00249. The average molecular weight is 487 g/mol. The van der Waals surface area contributed by atoms with Crippen LogP contribution in [0.5, 0.6) is 0 Å². The number of benzene rings is 1. The molecule has 0 saturated carbocycles. The minimum atomic E-state index is -4.63. The number of carbonyl (C=O) groups is 1. The number of hydrogen-bond donors (Lipinski definition) is 3. The highest BCUT2D eigenvalue weighted by Gasteiger charge is 2.51. The molecule has 1 aliphatic heterocycles. The zero-order chi connectivity index (χ0) is 22.9. The van der Waals surface area contributed by atoms with Crippen LogP contribution in [0.4, 0.5) is 24.7 Å². The van der Waals surface area contributed by atoms with Gasteiger partial charge in [0.25, 0.3) is 0 Å². The first kappa shape index (κ1) is 22.5. The van der Waals surface area contributed by atoms with E-state index in [2.05, 4.69) is 25.6 Å². The molecule has 7 nitrogen and oxygen atoms in total. The molecule has 1 aliphatic rings. The molecule has 1 saturated heterocycles. The lowest BCUT2D eigenvalue weighted by Gasteiger charge is -2.42. The summed E-state index contributed by atoms with van der Waals surface area (Å²) in [5, 5.41) is 6.99. The topological polar surface area (TPSA) is 85.9 Å². The van der Waals surface area contributed by atoms with Gasteiger partial charge in [-0.2, -0.15) is 13.2 Å². The highest BCUT2D eigenvalue weighted by atomic mass is 35.5. The molecule has 2 aromatic heterocycles. The first-order valence-electron chi connectivity index (χ1n) is 9.83. The fourth-order valence-corrected chi connectivity index (χ4v) is 4.46. The highest BCUT2D eigenvalue weighted by Crippen LogP contribution is 2.34. The van der Waals surface area contributed by atoms with Crippen LogP contribution in [0, 0.1) is 0 Å². The molecule has 12 heteroatoms. The zero-order valence-corrected chi connectivity index (χ0v) is 18.1. The second-order valence-corrected chi connectivity index (χ2v) is 8.31. The van der Waals surface area contributed by atoms with Crippen LogP contribution in [0.2, 0.25) is 10.0 Å². The van der Waals surface area contributed by atoms with E-state index in [1.807, 2.05) is 0 Å². The normalized spacial score (nSPS) is 19.2. The Kier molecular flexibility index (Phi) is 6.34. The summed E-state index contributed by atoms with van der Waals surface area (Å²) in [6.45, 7) is -0.325. The molecule has 2 atom stereocenters. The van der Waals surface area contributed by atoms with Gasteiger partial charge in [-0.15, -0.1) is 0 Å². The number of carbonyl (C=O) groups excluding carboxylic acids is 1. The maximum absolute atomic E-state index is 14.1. The first-order chi connectivity index (χ1) is 15.2. The van der Waals surface area contributed by atoms with Crippen molar-refractivity contribution in [3.8, 4) is 0 Å². The largest absolute Gasteiger partial charge is 0.410 e. The predicted octanol–water partition coefficient (Wildman–Crippen LogP) is 4.71. The predicted molar refractivity (Wildman–Crippen MR) is 117 cm³/mol. The summed E-state index contributed by atoms with van der Waals surface area (Å²) in [7, 11) is 0. The number of likely N-dealkylation sites (tertiary alicyclic amines) is 1. The van der Waals surface area contributed by atoms with Crippen LogP contribution in [-0.4, -0.2) is 57.1 Å². The number of halogens is 5. The molecule has 170 valence electrons.